The summed E-state index contributed by atoms with van der Waals surface area (Å²) in [6, 6.07) is 10.5. The van der Waals surface area contributed by atoms with Gasteiger partial charge in [0, 0.05) is 5.56 Å². The first-order valence-electron chi connectivity index (χ1n) is 7.03. The van der Waals surface area contributed by atoms with E-state index in [4.69, 9.17) is 13.6 Å². The molecule has 0 saturated carbocycles. The maximum absolute atomic E-state index is 11.8. The molecule has 0 atom stereocenters. The van der Waals surface area contributed by atoms with E-state index in [0.29, 0.717) is 5.76 Å². The van der Waals surface area contributed by atoms with Gasteiger partial charge in [0.2, 0.25) is 5.89 Å². The van der Waals surface area contributed by atoms with Gasteiger partial charge in [-0.3, -0.25) is 10.1 Å². The van der Waals surface area contributed by atoms with E-state index >= 15 is 0 Å². The van der Waals surface area contributed by atoms with Gasteiger partial charge in [0.15, 0.2) is 6.61 Å². The second kappa shape index (κ2) is 6.78. The molecule has 0 spiro atoms. The second-order valence-corrected chi connectivity index (χ2v) is 4.79. The zero-order chi connectivity index (χ0) is 16.9. The number of furan rings is 1. The third-order valence-electron chi connectivity index (χ3n) is 3.11. The van der Waals surface area contributed by atoms with Gasteiger partial charge in [-0.1, -0.05) is 23.3 Å². The fraction of sp³-hybridized carbons (Fsp3) is 0.125. The molecule has 1 N–H and O–H groups in total. The highest BCUT2D eigenvalue weighted by Crippen LogP contribution is 2.19. The lowest BCUT2D eigenvalue weighted by Gasteiger charge is -2.03. The van der Waals surface area contributed by atoms with Crippen molar-refractivity contribution < 1.29 is 23.2 Å². The van der Waals surface area contributed by atoms with Crippen LogP contribution in [0.25, 0.3) is 11.5 Å². The van der Waals surface area contributed by atoms with Crippen LogP contribution in [0.15, 0.2) is 51.5 Å². The van der Waals surface area contributed by atoms with E-state index in [0.717, 1.165) is 5.56 Å². The van der Waals surface area contributed by atoms with Gasteiger partial charge in [-0.2, -0.15) is 0 Å². The number of aryl methyl sites for hydroxylation is 1. The number of benzene rings is 1. The maximum Gasteiger partial charge on any atom is 0.342 e. The molecule has 1 aromatic carbocycles. The minimum absolute atomic E-state index is 0.0746. The van der Waals surface area contributed by atoms with E-state index < -0.39 is 18.5 Å². The van der Waals surface area contributed by atoms with Gasteiger partial charge in [0.05, 0.1) is 6.26 Å². The van der Waals surface area contributed by atoms with Crippen LogP contribution in [0.4, 0.5) is 6.01 Å². The van der Waals surface area contributed by atoms with Crippen molar-refractivity contribution >= 4 is 17.9 Å². The van der Waals surface area contributed by atoms with E-state index in [1.165, 1.54) is 12.3 Å². The maximum atomic E-state index is 11.8. The van der Waals surface area contributed by atoms with E-state index in [1.54, 1.807) is 19.1 Å². The Morgan fingerprint density at radius 2 is 1.96 bits per heavy atom. The summed E-state index contributed by atoms with van der Waals surface area (Å²) >= 11 is 0. The van der Waals surface area contributed by atoms with Crippen LogP contribution < -0.4 is 5.32 Å². The van der Waals surface area contributed by atoms with Crippen molar-refractivity contribution in [1.82, 2.24) is 10.2 Å². The van der Waals surface area contributed by atoms with Crippen molar-refractivity contribution in [3.8, 4) is 11.5 Å². The fourth-order valence-corrected chi connectivity index (χ4v) is 1.93. The van der Waals surface area contributed by atoms with Crippen molar-refractivity contribution in [3.05, 3.63) is 54.0 Å². The molecule has 8 heteroatoms. The highest BCUT2D eigenvalue weighted by molar-refractivity contribution is 5.94. The number of nitrogens with one attached hydrogen (secondary N) is 1. The smallest absolute Gasteiger partial charge is 0.342 e. The average molecular weight is 327 g/mol. The van der Waals surface area contributed by atoms with Crippen molar-refractivity contribution in [3.63, 3.8) is 0 Å². The van der Waals surface area contributed by atoms with Gasteiger partial charge in [0.1, 0.15) is 11.3 Å². The molecular weight excluding hydrogens is 314 g/mol. The Labute approximate surface area is 136 Å². The molecule has 0 aliphatic carbocycles. The fourth-order valence-electron chi connectivity index (χ4n) is 1.93. The Hall–Kier alpha value is -3.42. The summed E-state index contributed by atoms with van der Waals surface area (Å²) in [4.78, 5) is 23.5. The predicted octanol–water partition coefficient (Wildman–Crippen LogP) is 2.43. The summed E-state index contributed by atoms with van der Waals surface area (Å²) in [5.74, 6) is -0.540. The molecule has 2 heterocycles. The van der Waals surface area contributed by atoms with E-state index in [2.05, 4.69) is 15.5 Å². The first kappa shape index (κ1) is 15.5. The molecule has 2 aromatic heterocycles. The number of ether oxygens (including phenoxy) is 1. The Balaban J connectivity index is 1.55. The molecule has 3 rings (SSSR count). The van der Waals surface area contributed by atoms with Gasteiger partial charge < -0.3 is 13.6 Å². The van der Waals surface area contributed by atoms with Crippen molar-refractivity contribution in [1.29, 1.82) is 0 Å². The minimum Gasteiger partial charge on any atom is -0.469 e. The standard InChI is InChI=1S/C16H13N3O5/c1-10-12(7-8-22-10)15(21)23-9-13(20)17-16-19-18-14(24-16)11-5-3-2-4-6-11/h2-8H,9H2,1H3,(H,17,19,20). The third kappa shape index (κ3) is 3.49. The zero-order valence-electron chi connectivity index (χ0n) is 12.7. The zero-order valence-corrected chi connectivity index (χ0v) is 12.7. The van der Waals surface area contributed by atoms with Crippen LogP contribution in [-0.4, -0.2) is 28.7 Å². The van der Waals surface area contributed by atoms with E-state index in [9.17, 15) is 9.59 Å². The molecule has 0 unspecified atom stereocenters. The number of anilines is 1. The molecule has 0 radical (unpaired) electrons. The predicted molar refractivity (Wildman–Crippen MR) is 82.1 cm³/mol. The van der Waals surface area contributed by atoms with Crippen molar-refractivity contribution in [2.75, 3.05) is 11.9 Å². The Bertz CT molecular complexity index is 853. The number of nitrogens with zero attached hydrogens (tertiary/aromatic N) is 2. The van der Waals surface area contributed by atoms with Gasteiger partial charge in [-0.25, -0.2) is 4.79 Å². The first-order chi connectivity index (χ1) is 11.6. The number of hydrogen-bond acceptors (Lipinski definition) is 7. The molecule has 122 valence electrons. The summed E-state index contributed by atoms with van der Waals surface area (Å²) in [5.41, 5.74) is 0.999. The Kier molecular flexibility index (Phi) is 4.37. The van der Waals surface area contributed by atoms with Crippen LogP contribution >= 0.6 is 0 Å². The molecule has 3 aromatic rings. The molecule has 0 aliphatic heterocycles. The van der Waals surface area contributed by atoms with Gasteiger partial charge in [-0.15, -0.1) is 5.10 Å². The van der Waals surface area contributed by atoms with Crippen LogP contribution in [-0.2, 0) is 9.53 Å². The number of carbonyl (C=O) groups is 2. The van der Waals surface area contributed by atoms with Gasteiger partial charge >= 0.3 is 12.0 Å². The largest absolute Gasteiger partial charge is 0.469 e. The topological polar surface area (TPSA) is 107 Å². The minimum atomic E-state index is -0.646. The highest BCUT2D eigenvalue weighted by Gasteiger charge is 2.16. The quantitative estimate of drug-likeness (QED) is 0.717. The summed E-state index contributed by atoms with van der Waals surface area (Å²) in [7, 11) is 0. The van der Waals surface area contributed by atoms with Crippen LogP contribution in [0.2, 0.25) is 0 Å². The molecule has 24 heavy (non-hydrogen) atoms. The van der Waals surface area contributed by atoms with E-state index in [1.807, 2.05) is 18.2 Å². The summed E-state index contributed by atoms with van der Waals surface area (Å²) in [5, 5.41) is 9.92. The van der Waals surface area contributed by atoms with Gasteiger partial charge in [-0.05, 0) is 25.1 Å². The van der Waals surface area contributed by atoms with Crippen molar-refractivity contribution in [2.45, 2.75) is 6.92 Å². The Morgan fingerprint density at radius 1 is 1.17 bits per heavy atom. The number of hydrogen-bond donors (Lipinski definition) is 1. The van der Waals surface area contributed by atoms with E-state index in [-0.39, 0.29) is 17.5 Å². The average Bonchev–Trinajstić information content (AvgIpc) is 3.22. The summed E-state index contributed by atoms with van der Waals surface area (Å²) in [6.07, 6.45) is 1.37. The van der Waals surface area contributed by atoms with Crippen LogP contribution in [0, 0.1) is 6.92 Å². The number of carbonyl (C=O) groups excluding carboxylic acids is 2. The molecule has 0 aliphatic rings. The van der Waals surface area contributed by atoms with Crippen LogP contribution in [0.3, 0.4) is 0 Å². The van der Waals surface area contributed by atoms with Crippen LogP contribution in [0.5, 0.6) is 0 Å². The monoisotopic (exact) mass is 327 g/mol. The second-order valence-electron chi connectivity index (χ2n) is 4.79. The third-order valence-corrected chi connectivity index (χ3v) is 3.11. The molecule has 0 saturated heterocycles. The molecule has 0 bridgehead atoms. The Morgan fingerprint density at radius 3 is 2.67 bits per heavy atom. The lowest BCUT2D eigenvalue weighted by Crippen LogP contribution is -2.21. The number of aromatic nitrogens is 2. The molecule has 1 amide bonds. The molecule has 0 fully saturated rings. The summed E-state index contributed by atoms with van der Waals surface area (Å²) < 4.78 is 15.2. The van der Waals surface area contributed by atoms with Crippen molar-refractivity contribution in [2.24, 2.45) is 0 Å². The highest BCUT2D eigenvalue weighted by atomic mass is 16.5. The normalized spacial score (nSPS) is 10.4. The number of esters is 1. The molecular formula is C16H13N3O5. The van der Waals surface area contributed by atoms with Gasteiger partial charge in [0.25, 0.3) is 5.91 Å². The lowest BCUT2D eigenvalue weighted by molar-refractivity contribution is -0.119. The van der Waals surface area contributed by atoms with Crippen LogP contribution in [0.1, 0.15) is 16.1 Å². The first-order valence-corrected chi connectivity index (χ1v) is 7.03. The number of rotatable bonds is 5. The molecule has 8 nitrogen and oxygen atoms in total. The summed E-state index contributed by atoms with van der Waals surface area (Å²) in [6.45, 7) is 1.15. The lowest BCUT2D eigenvalue weighted by atomic mass is 10.2. The SMILES string of the molecule is Cc1occc1C(=O)OCC(=O)Nc1nnc(-c2ccccc2)o1. The number of amides is 1.